The fourth-order valence-corrected chi connectivity index (χ4v) is 14.8. The van der Waals surface area contributed by atoms with Gasteiger partial charge in [-0.05, 0) is 0 Å². The third-order valence-electron chi connectivity index (χ3n) is 9.47. The van der Waals surface area contributed by atoms with Crippen LogP contribution in [0.4, 0.5) is 28.9 Å². The van der Waals surface area contributed by atoms with Crippen LogP contribution >= 0.6 is 0 Å². The molecule has 248 valence electrons. The van der Waals surface area contributed by atoms with Gasteiger partial charge in [0, 0.05) is 0 Å². The molecule has 0 saturated carbocycles. The fraction of sp³-hybridized carbons (Fsp3) is 0.150. The number of anilines is 2. The minimum absolute atomic E-state index is 0.216. The number of allylic oxidation sites excluding steroid dienone is 8. The van der Waals surface area contributed by atoms with Crippen molar-refractivity contribution in [2.45, 2.75) is 40.5 Å². The number of carbonyl (C=O) groups is 2. The third-order valence-corrected chi connectivity index (χ3v) is 17.4. The topological polar surface area (TPSA) is 58.2 Å². The molecule has 0 heterocycles. The van der Waals surface area contributed by atoms with E-state index in [-0.39, 0.29) is 35.3 Å². The molecule has 0 atom stereocenters. The maximum absolute atomic E-state index is 17.1. The van der Waals surface area contributed by atoms with Gasteiger partial charge in [0.25, 0.3) is 0 Å². The van der Waals surface area contributed by atoms with Crippen molar-refractivity contribution in [3.8, 4) is 0 Å². The molecule has 4 nitrogen and oxygen atoms in total. The van der Waals surface area contributed by atoms with E-state index in [4.69, 9.17) is 0 Å². The van der Waals surface area contributed by atoms with Crippen LogP contribution in [0.5, 0.6) is 0 Å². The van der Waals surface area contributed by atoms with E-state index in [1.807, 2.05) is 27.7 Å². The van der Waals surface area contributed by atoms with Gasteiger partial charge in [-0.1, -0.05) is 0 Å². The molecule has 2 N–H and O–H groups in total. The van der Waals surface area contributed by atoms with Crippen LogP contribution in [0.1, 0.15) is 55.8 Å². The van der Waals surface area contributed by atoms with Crippen molar-refractivity contribution in [2.75, 3.05) is 10.6 Å². The van der Waals surface area contributed by atoms with E-state index in [0.29, 0.717) is 7.76 Å². The molecule has 6 rings (SSSR count). The first-order valence-corrected chi connectivity index (χ1v) is 19.0. The molecule has 4 aromatic carbocycles. The normalized spacial score (nSPS) is 13.8. The van der Waals surface area contributed by atoms with Crippen molar-refractivity contribution < 1.29 is 43.7 Å². The van der Waals surface area contributed by atoms with Gasteiger partial charge >= 0.3 is 287 Å². The van der Waals surface area contributed by atoms with E-state index in [1.165, 1.54) is 0 Å². The Kier molecular flexibility index (Phi) is 9.47. The number of halogens is 4. The molecule has 2 aliphatic carbocycles. The van der Waals surface area contributed by atoms with Crippen LogP contribution in [0.15, 0.2) is 105 Å². The molecule has 0 aromatic heterocycles. The van der Waals surface area contributed by atoms with E-state index in [9.17, 15) is 9.59 Å². The second-order valence-electron chi connectivity index (χ2n) is 12.5. The van der Waals surface area contributed by atoms with Gasteiger partial charge in [-0.3, -0.25) is 0 Å². The Morgan fingerprint density at radius 1 is 0.571 bits per heavy atom. The molecule has 2 amide bonds. The molecule has 0 radical (unpaired) electrons. The van der Waals surface area contributed by atoms with Gasteiger partial charge in [-0.25, -0.2) is 0 Å². The quantitative estimate of drug-likeness (QED) is 0.143. The summed E-state index contributed by atoms with van der Waals surface area (Å²) in [7, 11) is 0. The Hall–Kier alpha value is -4.79. The molecule has 0 saturated heterocycles. The summed E-state index contributed by atoms with van der Waals surface area (Å²) >= 11 is -5.22. The van der Waals surface area contributed by atoms with E-state index in [0.717, 1.165) is 46.5 Å². The average Bonchev–Trinajstić information content (AvgIpc) is 3.81. The van der Waals surface area contributed by atoms with E-state index >= 15 is 17.6 Å². The van der Waals surface area contributed by atoms with Crippen LogP contribution < -0.4 is 18.4 Å². The third kappa shape index (κ3) is 6.15. The summed E-state index contributed by atoms with van der Waals surface area (Å²) in [5.74, 6) is -5.39. The number of rotatable bonds is 8. The van der Waals surface area contributed by atoms with E-state index in [1.54, 1.807) is 72.9 Å². The number of hydrogen-bond donors (Lipinski definition) is 2. The number of benzene rings is 4. The van der Waals surface area contributed by atoms with E-state index in [2.05, 4.69) is 10.6 Å². The molecule has 0 aliphatic heterocycles. The molecule has 0 unspecified atom stereocenters. The SMILES string of the molecule is Cc1ccc(C(=O)Nc2ccc(F)[c]([Ti]([C]3=CC=CC3)([C]3=CC=CC3)[c]3c(F)ccc(NC(=O)c4ccc(C)c(C)c4)c3F)c2F)cc1C. The molecule has 0 spiro atoms. The fourth-order valence-electron chi connectivity index (χ4n) is 6.56. The zero-order chi connectivity index (χ0) is 35.0. The van der Waals surface area contributed by atoms with Crippen molar-refractivity contribution in [1.29, 1.82) is 0 Å². The molecule has 4 aromatic rings. The Balaban J connectivity index is 1.55. The second-order valence-corrected chi connectivity index (χ2v) is 18.4. The number of amides is 2. The van der Waals surface area contributed by atoms with Crippen molar-refractivity contribution in [3.63, 3.8) is 0 Å². The Bertz CT molecular complexity index is 2010. The molecular weight excluding hydrogens is 664 g/mol. The van der Waals surface area contributed by atoms with Crippen LogP contribution in [-0.4, -0.2) is 11.8 Å². The first kappa shape index (κ1) is 34.1. The standard InChI is InChI=1S/2C15H12F2NO.2C5H5.Ti/c2*1-9-3-4-11(7-10(9)2)15(19)18-14-6-5-12(16)8-13(14)17;2*1-2-4-5-3-1;/h2*3-7H,1-2H3,(H,18,19);2*1-3H,4H2;. The van der Waals surface area contributed by atoms with Crippen LogP contribution in [0.25, 0.3) is 0 Å². The van der Waals surface area contributed by atoms with Gasteiger partial charge < -0.3 is 0 Å². The summed E-state index contributed by atoms with van der Waals surface area (Å²) in [4.78, 5) is 26.6. The molecule has 49 heavy (non-hydrogen) atoms. The number of carbonyl (C=O) groups excluding carboxylic acids is 2. The number of hydrogen-bond acceptors (Lipinski definition) is 2. The second kappa shape index (κ2) is 13.6. The Labute approximate surface area is 286 Å². The van der Waals surface area contributed by atoms with Gasteiger partial charge in [0.05, 0.1) is 0 Å². The first-order chi connectivity index (χ1) is 23.4. The van der Waals surface area contributed by atoms with E-state index < -0.39 is 59.4 Å². The van der Waals surface area contributed by atoms with Gasteiger partial charge in [-0.15, -0.1) is 0 Å². The zero-order valence-electron chi connectivity index (χ0n) is 27.5. The summed E-state index contributed by atoms with van der Waals surface area (Å²) in [5.41, 5.74) is 3.58. The average molecular weight is 699 g/mol. The summed E-state index contributed by atoms with van der Waals surface area (Å²) in [6.45, 7) is 7.49. The van der Waals surface area contributed by atoms with Crippen LogP contribution in [0.3, 0.4) is 0 Å². The minimum atomic E-state index is -5.22. The van der Waals surface area contributed by atoms with Crippen molar-refractivity contribution in [1.82, 2.24) is 0 Å². The Morgan fingerprint density at radius 2 is 0.980 bits per heavy atom. The summed E-state index contributed by atoms with van der Waals surface area (Å²) in [6, 6.07) is 14.4. The van der Waals surface area contributed by atoms with Gasteiger partial charge in [0.15, 0.2) is 0 Å². The van der Waals surface area contributed by atoms with Gasteiger partial charge in [-0.2, -0.15) is 0 Å². The summed E-state index contributed by atoms with van der Waals surface area (Å²) in [6.07, 6.45) is 10.8. The molecule has 0 bridgehead atoms. The van der Waals surface area contributed by atoms with Crippen LogP contribution in [0.2, 0.25) is 0 Å². The van der Waals surface area contributed by atoms with Crippen molar-refractivity contribution in [2.24, 2.45) is 0 Å². The summed E-state index contributed by atoms with van der Waals surface area (Å²) in [5, 5.41) is 5.15. The predicted molar refractivity (Wildman–Crippen MR) is 183 cm³/mol. The van der Waals surface area contributed by atoms with Crippen molar-refractivity contribution in [3.05, 3.63) is 162 Å². The van der Waals surface area contributed by atoms with Crippen LogP contribution in [0, 0.1) is 51.0 Å². The van der Waals surface area contributed by atoms with Gasteiger partial charge in [0.2, 0.25) is 0 Å². The predicted octanol–water partition coefficient (Wildman–Crippen LogP) is 8.77. The van der Waals surface area contributed by atoms with Crippen molar-refractivity contribution >= 4 is 30.9 Å². The molecule has 2 aliphatic rings. The number of aryl methyl sites for hydroxylation is 4. The maximum atomic E-state index is 17.1. The zero-order valence-corrected chi connectivity index (χ0v) is 29.0. The molecule has 9 heteroatoms. The number of nitrogens with one attached hydrogen (secondary N) is 2. The van der Waals surface area contributed by atoms with Crippen LogP contribution in [-0.2, 0) is 16.6 Å². The van der Waals surface area contributed by atoms with Gasteiger partial charge in [0.1, 0.15) is 0 Å². The monoisotopic (exact) mass is 698 g/mol. The first-order valence-electron chi connectivity index (χ1n) is 15.9. The molecular formula is C40H34F4N2O2Ti. The summed E-state index contributed by atoms with van der Waals surface area (Å²) < 4.78 is 67.1. The Morgan fingerprint density at radius 3 is 1.33 bits per heavy atom. The molecule has 0 fully saturated rings.